The Kier molecular flexibility index (Phi) is 4.65. The zero-order chi connectivity index (χ0) is 9.52. The molecule has 0 bridgehead atoms. The molecule has 0 aromatic carbocycles. The van der Waals surface area contributed by atoms with E-state index in [2.05, 4.69) is 22.0 Å². The van der Waals surface area contributed by atoms with Gasteiger partial charge in [-0.15, -0.1) is 0 Å². The van der Waals surface area contributed by atoms with Crippen molar-refractivity contribution in [1.82, 2.24) is 4.90 Å². The highest BCUT2D eigenvalue weighted by molar-refractivity contribution is 4.75. The molecular formula is C9H18N4. The second-order valence-electron chi connectivity index (χ2n) is 3.73. The van der Waals surface area contributed by atoms with Gasteiger partial charge in [-0.25, -0.2) is 0 Å². The molecule has 0 N–H and O–H groups in total. The minimum Gasteiger partial charge on any atom is -0.303 e. The molecule has 4 nitrogen and oxygen atoms in total. The first-order valence-electron chi connectivity index (χ1n) is 5.05. The molecular weight excluding hydrogens is 164 g/mol. The van der Waals surface area contributed by atoms with Gasteiger partial charge in [0, 0.05) is 17.5 Å². The molecule has 74 valence electrons. The van der Waals surface area contributed by atoms with Gasteiger partial charge in [-0.1, -0.05) is 18.0 Å². The molecule has 1 aliphatic carbocycles. The van der Waals surface area contributed by atoms with Crippen molar-refractivity contribution in [2.45, 2.75) is 38.1 Å². The van der Waals surface area contributed by atoms with Crippen molar-refractivity contribution in [3.63, 3.8) is 0 Å². The molecule has 1 aliphatic rings. The van der Waals surface area contributed by atoms with Crippen LogP contribution in [0, 0.1) is 0 Å². The third kappa shape index (κ3) is 3.66. The lowest BCUT2D eigenvalue weighted by molar-refractivity contribution is 0.244. The molecule has 0 radical (unpaired) electrons. The van der Waals surface area contributed by atoms with E-state index in [4.69, 9.17) is 5.53 Å². The summed E-state index contributed by atoms with van der Waals surface area (Å²) in [7, 11) is 2.17. The summed E-state index contributed by atoms with van der Waals surface area (Å²) < 4.78 is 0. The third-order valence-electron chi connectivity index (χ3n) is 2.78. The van der Waals surface area contributed by atoms with Crippen molar-refractivity contribution in [1.29, 1.82) is 0 Å². The van der Waals surface area contributed by atoms with E-state index in [1.165, 1.54) is 25.7 Å². The molecule has 0 saturated heterocycles. The lowest BCUT2D eigenvalue weighted by atomic mass is 10.2. The summed E-state index contributed by atoms with van der Waals surface area (Å²) in [5, 5.41) is 3.52. The fraction of sp³-hybridized carbons (Fsp3) is 1.00. The second kappa shape index (κ2) is 5.84. The van der Waals surface area contributed by atoms with Crippen LogP contribution in [0.2, 0.25) is 0 Å². The number of azide groups is 1. The molecule has 0 spiro atoms. The first-order chi connectivity index (χ1) is 6.34. The molecule has 0 aromatic heterocycles. The molecule has 0 atom stereocenters. The summed E-state index contributed by atoms with van der Waals surface area (Å²) in [5.74, 6) is 0. The maximum Gasteiger partial charge on any atom is 0.0270 e. The van der Waals surface area contributed by atoms with Crippen LogP contribution in [0.4, 0.5) is 0 Å². The second-order valence-corrected chi connectivity index (χ2v) is 3.73. The third-order valence-corrected chi connectivity index (χ3v) is 2.78. The zero-order valence-electron chi connectivity index (χ0n) is 8.32. The molecule has 0 amide bonds. The van der Waals surface area contributed by atoms with Gasteiger partial charge < -0.3 is 4.90 Å². The van der Waals surface area contributed by atoms with E-state index in [1.807, 2.05) is 0 Å². The van der Waals surface area contributed by atoms with Crippen LogP contribution in [-0.2, 0) is 0 Å². The molecule has 4 heteroatoms. The average Bonchev–Trinajstić information content (AvgIpc) is 2.65. The Morgan fingerprint density at radius 3 is 2.77 bits per heavy atom. The Hall–Kier alpha value is -0.730. The smallest absolute Gasteiger partial charge is 0.0270 e. The quantitative estimate of drug-likeness (QED) is 0.279. The van der Waals surface area contributed by atoms with Gasteiger partial charge in [-0.2, -0.15) is 0 Å². The van der Waals surface area contributed by atoms with Gasteiger partial charge in [-0.05, 0) is 38.4 Å². The van der Waals surface area contributed by atoms with E-state index in [0.717, 1.165) is 19.0 Å². The Morgan fingerprint density at radius 2 is 2.15 bits per heavy atom. The average molecular weight is 182 g/mol. The normalized spacial score (nSPS) is 17.7. The van der Waals surface area contributed by atoms with Gasteiger partial charge in [0.2, 0.25) is 0 Å². The molecule has 1 rings (SSSR count). The molecule has 1 saturated carbocycles. The van der Waals surface area contributed by atoms with Gasteiger partial charge in [0.1, 0.15) is 0 Å². The minimum absolute atomic E-state index is 0.633. The van der Waals surface area contributed by atoms with Crippen molar-refractivity contribution in [2.24, 2.45) is 5.11 Å². The standard InChI is InChI=1S/C9H18N4/c1-13(8-4-7-11-12-10)9-5-2-3-6-9/h9H,2-8H2,1H3. The monoisotopic (exact) mass is 182 g/mol. The van der Waals surface area contributed by atoms with Crippen LogP contribution in [0.1, 0.15) is 32.1 Å². The molecule has 0 unspecified atom stereocenters. The highest BCUT2D eigenvalue weighted by Crippen LogP contribution is 2.22. The summed E-state index contributed by atoms with van der Waals surface area (Å²) in [5.41, 5.74) is 8.09. The highest BCUT2D eigenvalue weighted by atomic mass is 15.1. The van der Waals surface area contributed by atoms with Crippen molar-refractivity contribution in [3.8, 4) is 0 Å². The van der Waals surface area contributed by atoms with Gasteiger partial charge in [0.05, 0.1) is 0 Å². The van der Waals surface area contributed by atoms with Gasteiger partial charge >= 0.3 is 0 Å². The Morgan fingerprint density at radius 1 is 1.46 bits per heavy atom. The van der Waals surface area contributed by atoms with E-state index in [1.54, 1.807) is 0 Å². The zero-order valence-corrected chi connectivity index (χ0v) is 8.32. The van der Waals surface area contributed by atoms with E-state index in [-0.39, 0.29) is 0 Å². The highest BCUT2D eigenvalue weighted by Gasteiger charge is 2.18. The van der Waals surface area contributed by atoms with Crippen molar-refractivity contribution < 1.29 is 0 Å². The van der Waals surface area contributed by atoms with Crippen LogP contribution in [-0.4, -0.2) is 31.1 Å². The van der Waals surface area contributed by atoms with Crippen LogP contribution in [0.25, 0.3) is 10.4 Å². The SMILES string of the molecule is CN(CCCN=[N+]=[N-])C1CCCC1. The summed E-state index contributed by atoms with van der Waals surface area (Å²) in [6.07, 6.45) is 6.43. The summed E-state index contributed by atoms with van der Waals surface area (Å²) in [6.45, 7) is 1.69. The van der Waals surface area contributed by atoms with E-state index in [9.17, 15) is 0 Å². The van der Waals surface area contributed by atoms with Gasteiger partial charge in [-0.3, -0.25) is 0 Å². The first kappa shape index (κ1) is 10.4. The van der Waals surface area contributed by atoms with E-state index in [0.29, 0.717) is 6.54 Å². The Labute approximate surface area is 79.5 Å². The fourth-order valence-electron chi connectivity index (χ4n) is 1.96. The number of hydrogen-bond donors (Lipinski definition) is 0. The van der Waals surface area contributed by atoms with Crippen LogP contribution >= 0.6 is 0 Å². The van der Waals surface area contributed by atoms with Crippen molar-refractivity contribution in [3.05, 3.63) is 10.4 Å². The minimum atomic E-state index is 0.633. The van der Waals surface area contributed by atoms with Crippen LogP contribution in [0.5, 0.6) is 0 Å². The largest absolute Gasteiger partial charge is 0.303 e. The molecule has 0 aliphatic heterocycles. The number of hydrogen-bond acceptors (Lipinski definition) is 2. The van der Waals surface area contributed by atoms with E-state index >= 15 is 0 Å². The maximum atomic E-state index is 8.09. The number of rotatable bonds is 5. The predicted molar refractivity (Wildman–Crippen MR) is 53.5 cm³/mol. The van der Waals surface area contributed by atoms with E-state index < -0.39 is 0 Å². The van der Waals surface area contributed by atoms with Crippen molar-refractivity contribution >= 4 is 0 Å². The van der Waals surface area contributed by atoms with Gasteiger partial charge in [0.25, 0.3) is 0 Å². The Balaban J connectivity index is 2.09. The fourth-order valence-corrected chi connectivity index (χ4v) is 1.96. The lowest BCUT2D eigenvalue weighted by Gasteiger charge is -2.23. The summed E-state index contributed by atoms with van der Waals surface area (Å²) in [4.78, 5) is 5.14. The van der Waals surface area contributed by atoms with Crippen LogP contribution in [0.3, 0.4) is 0 Å². The van der Waals surface area contributed by atoms with Crippen molar-refractivity contribution in [2.75, 3.05) is 20.1 Å². The lowest BCUT2D eigenvalue weighted by Crippen LogP contribution is -2.30. The topological polar surface area (TPSA) is 52.0 Å². The van der Waals surface area contributed by atoms with Crippen LogP contribution in [0.15, 0.2) is 5.11 Å². The predicted octanol–water partition coefficient (Wildman–Crippen LogP) is 2.56. The number of nitrogens with zero attached hydrogens (tertiary/aromatic N) is 4. The molecule has 0 aromatic rings. The summed E-state index contributed by atoms with van der Waals surface area (Å²) in [6, 6.07) is 0.783. The summed E-state index contributed by atoms with van der Waals surface area (Å²) >= 11 is 0. The van der Waals surface area contributed by atoms with Crippen LogP contribution < -0.4 is 0 Å². The molecule has 1 fully saturated rings. The van der Waals surface area contributed by atoms with Gasteiger partial charge in [0.15, 0.2) is 0 Å². The first-order valence-corrected chi connectivity index (χ1v) is 5.05. The maximum absolute atomic E-state index is 8.09. The molecule has 13 heavy (non-hydrogen) atoms. The Bertz CT molecular complexity index is 180. The molecule has 0 heterocycles.